The Morgan fingerprint density at radius 1 is 1.27 bits per heavy atom. The molecule has 1 unspecified atom stereocenters. The summed E-state index contributed by atoms with van der Waals surface area (Å²) in [6.45, 7) is 3.68. The molecule has 0 bridgehead atoms. The zero-order valence-electron chi connectivity index (χ0n) is 8.43. The number of benzene rings is 1. The van der Waals surface area contributed by atoms with Crippen LogP contribution in [0.5, 0.6) is 0 Å². The molecule has 2 rings (SSSR count). The second-order valence-corrected chi connectivity index (χ2v) is 3.44. The van der Waals surface area contributed by atoms with Crippen LogP contribution in [0, 0.1) is 0 Å². The van der Waals surface area contributed by atoms with Crippen molar-refractivity contribution in [2.75, 3.05) is 0 Å². The number of hydrogen-bond donors (Lipinski definition) is 1. The van der Waals surface area contributed by atoms with Gasteiger partial charge in [0.2, 0.25) is 0 Å². The molecule has 3 nitrogen and oxygen atoms in total. The van der Waals surface area contributed by atoms with Gasteiger partial charge in [-0.05, 0) is 24.1 Å². The van der Waals surface area contributed by atoms with Crippen molar-refractivity contribution < 1.29 is 0 Å². The lowest BCUT2D eigenvalue weighted by Crippen LogP contribution is -2.08. The number of aromatic nitrogens is 2. The van der Waals surface area contributed by atoms with E-state index in [1.54, 1.807) is 12.4 Å². The summed E-state index contributed by atoms with van der Waals surface area (Å²) in [5, 5.41) is 0. The van der Waals surface area contributed by atoms with E-state index in [0.717, 1.165) is 23.0 Å². The van der Waals surface area contributed by atoms with Crippen LogP contribution in [-0.4, -0.2) is 9.97 Å². The molecule has 0 aliphatic carbocycles. The van der Waals surface area contributed by atoms with Crippen molar-refractivity contribution in [3.63, 3.8) is 0 Å². The largest absolute Gasteiger partial charge is 0.324 e. The molecular weight excluding hydrogens is 186 g/mol. The highest BCUT2D eigenvalue weighted by Crippen LogP contribution is 2.18. The molecule has 3 heteroatoms. The molecule has 0 aliphatic rings. The molecule has 1 aromatic carbocycles. The highest BCUT2D eigenvalue weighted by Gasteiger charge is 2.05. The molecular formula is C12H13N3. The topological polar surface area (TPSA) is 51.8 Å². The predicted molar refractivity (Wildman–Crippen MR) is 61.3 cm³/mol. The molecule has 76 valence electrons. The van der Waals surface area contributed by atoms with E-state index >= 15 is 0 Å². The van der Waals surface area contributed by atoms with Crippen molar-refractivity contribution in [3.05, 3.63) is 48.8 Å². The fraction of sp³-hybridized carbons (Fsp3) is 0.167. The van der Waals surface area contributed by atoms with Crippen LogP contribution in [0.15, 0.2) is 43.2 Å². The van der Waals surface area contributed by atoms with E-state index in [-0.39, 0.29) is 6.04 Å². The smallest absolute Gasteiger partial charge is 0.0890 e. The summed E-state index contributed by atoms with van der Waals surface area (Å²) < 4.78 is 0. The molecule has 1 heterocycles. The minimum atomic E-state index is -0.00564. The van der Waals surface area contributed by atoms with Gasteiger partial charge >= 0.3 is 0 Å². The minimum absolute atomic E-state index is 0.00564. The van der Waals surface area contributed by atoms with E-state index in [2.05, 4.69) is 16.5 Å². The van der Waals surface area contributed by atoms with Gasteiger partial charge in [-0.25, -0.2) is 0 Å². The third-order valence-corrected chi connectivity index (χ3v) is 2.34. The van der Waals surface area contributed by atoms with Gasteiger partial charge in [0, 0.05) is 18.4 Å². The summed E-state index contributed by atoms with van der Waals surface area (Å²) >= 11 is 0. The molecule has 0 saturated heterocycles. The second-order valence-electron chi connectivity index (χ2n) is 3.44. The standard InChI is InChI=1S/C12H13N3/c1-2-3-10(13)9-4-5-11-12(8-9)15-7-6-14-11/h2,4-8,10H,1,3,13H2. The summed E-state index contributed by atoms with van der Waals surface area (Å²) in [6, 6.07) is 5.91. The Hall–Kier alpha value is -1.74. The maximum atomic E-state index is 5.98. The SMILES string of the molecule is C=CCC(N)c1ccc2nccnc2c1. The number of nitrogens with two attached hydrogens (primary N) is 1. The summed E-state index contributed by atoms with van der Waals surface area (Å²) in [7, 11) is 0. The van der Waals surface area contributed by atoms with Crippen LogP contribution >= 0.6 is 0 Å². The Labute approximate surface area is 88.7 Å². The van der Waals surface area contributed by atoms with Crippen molar-refractivity contribution in [2.45, 2.75) is 12.5 Å². The first-order valence-corrected chi connectivity index (χ1v) is 4.88. The second kappa shape index (κ2) is 4.19. The third-order valence-electron chi connectivity index (χ3n) is 2.34. The van der Waals surface area contributed by atoms with Crippen LogP contribution in [0.4, 0.5) is 0 Å². The number of rotatable bonds is 3. The van der Waals surface area contributed by atoms with Gasteiger partial charge in [-0.1, -0.05) is 12.1 Å². The van der Waals surface area contributed by atoms with Crippen LogP contribution in [0.1, 0.15) is 18.0 Å². The molecule has 1 aromatic heterocycles. The van der Waals surface area contributed by atoms with Gasteiger partial charge in [0.15, 0.2) is 0 Å². The van der Waals surface area contributed by atoms with Gasteiger partial charge in [0.05, 0.1) is 11.0 Å². The van der Waals surface area contributed by atoms with Gasteiger partial charge in [-0.2, -0.15) is 0 Å². The number of fused-ring (bicyclic) bond motifs is 1. The normalized spacial score (nSPS) is 12.6. The van der Waals surface area contributed by atoms with Crippen LogP contribution in [0.3, 0.4) is 0 Å². The maximum Gasteiger partial charge on any atom is 0.0890 e. The van der Waals surface area contributed by atoms with Gasteiger partial charge < -0.3 is 5.73 Å². The summed E-state index contributed by atoms with van der Waals surface area (Å²) in [6.07, 6.45) is 5.97. The molecule has 0 radical (unpaired) electrons. The molecule has 0 saturated carbocycles. The van der Waals surface area contributed by atoms with Crippen LogP contribution in [0.25, 0.3) is 11.0 Å². The Morgan fingerprint density at radius 2 is 2.00 bits per heavy atom. The van der Waals surface area contributed by atoms with Gasteiger partial charge in [0.1, 0.15) is 0 Å². The van der Waals surface area contributed by atoms with E-state index in [4.69, 9.17) is 5.73 Å². The zero-order valence-corrected chi connectivity index (χ0v) is 8.43. The van der Waals surface area contributed by atoms with Crippen molar-refractivity contribution in [1.29, 1.82) is 0 Å². The van der Waals surface area contributed by atoms with Crippen LogP contribution in [-0.2, 0) is 0 Å². The summed E-state index contributed by atoms with van der Waals surface area (Å²) in [4.78, 5) is 8.44. The van der Waals surface area contributed by atoms with E-state index in [0.29, 0.717) is 0 Å². The van der Waals surface area contributed by atoms with Crippen molar-refractivity contribution >= 4 is 11.0 Å². The number of nitrogens with zero attached hydrogens (tertiary/aromatic N) is 2. The quantitative estimate of drug-likeness (QED) is 0.771. The first kappa shape index (κ1) is 9.80. The maximum absolute atomic E-state index is 5.98. The third kappa shape index (κ3) is 2.02. The molecule has 0 aliphatic heterocycles. The van der Waals surface area contributed by atoms with E-state index < -0.39 is 0 Å². The van der Waals surface area contributed by atoms with Crippen molar-refractivity contribution in [2.24, 2.45) is 5.73 Å². The highest BCUT2D eigenvalue weighted by molar-refractivity contribution is 5.74. The van der Waals surface area contributed by atoms with Crippen molar-refractivity contribution in [3.8, 4) is 0 Å². The summed E-state index contributed by atoms with van der Waals surface area (Å²) in [5.74, 6) is 0. The minimum Gasteiger partial charge on any atom is -0.324 e. The van der Waals surface area contributed by atoms with Crippen LogP contribution < -0.4 is 5.73 Å². The Bertz CT molecular complexity index is 479. The van der Waals surface area contributed by atoms with Gasteiger partial charge in [-0.15, -0.1) is 6.58 Å². The Kier molecular flexibility index (Phi) is 2.74. The number of hydrogen-bond acceptors (Lipinski definition) is 3. The zero-order chi connectivity index (χ0) is 10.7. The lowest BCUT2D eigenvalue weighted by molar-refractivity contribution is 0.742. The van der Waals surface area contributed by atoms with Gasteiger partial charge in [-0.3, -0.25) is 9.97 Å². The first-order valence-electron chi connectivity index (χ1n) is 4.88. The predicted octanol–water partition coefficient (Wildman–Crippen LogP) is 2.21. The molecule has 0 amide bonds. The van der Waals surface area contributed by atoms with Gasteiger partial charge in [0.25, 0.3) is 0 Å². The fourth-order valence-corrected chi connectivity index (χ4v) is 1.53. The van der Waals surface area contributed by atoms with Crippen molar-refractivity contribution in [1.82, 2.24) is 9.97 Å². The Balaban J connectivity index is 2.42. The van der Waals surface area contributed by atoms with Crippen LogP contribution in [0.2, 0.25) is 0 Å². The Morgan fingerprint density at radius 3 is 2.73 bits per heavy atom. The molecule has 2 N–H and O–H groups in total. The van der Waals surface area contributed by atoms with E-state index in [9.17, 15) is 0 Å². The molecule has 2 aromatic rings. The fourth-order valence-electron chi connectivity index (χ4n) is 1.53. The van der Waals surface area contributed by atoms with E-state index in [1.807, 2.05) is 24.3 Å². The lowest BCUT2D eigenvalue weighted by Gasteiger charge is -2.09. The average molecular weight is 199 g/mol. The molecule has 15 heavy (non-hydrogen) atoms. The molecule has 1 atom stereocenters. The molecule has 0 fully saturated rings. The highest BCUT2D eigenvalue weighted by atomic mass is 14.8. The summed E-state index contributed by atoms with van der Waals surface area (Å²) in [5.41, 5.74) is 8.83. The van der Waals surface area contributed by atoms with E-state index in [1.165, 1.54) is 0 Å². The average Bonchev–Trinajstić information content (AvgIpc) is 2.29. The molecule has 0 spiro atoms. The lowest BCUT2D eigenvalue weighted by atomic mass is 10.0. The monoisotopic (exact) mass is 199 g/mol. The first-order chi connectivity index (χ1) is 7.31.